The average Bonchev–Trinajstić information content (AvgIpc) is 2.83. The first-order chi connectivity index (χ1) is 8.63. The molecule has 3 N–H and O–H groups in total. The number of fused-ring (bicyclic) bond motifs is 1. The molecule has 96 valence electrons. The Balaban J connectivity index is 2.33. The highest BCUT2D eigenvalue weighted by Gasteiger charge is 2.15. The van der Waals surface area contributed by atoms with E-state index in [2.05, 4.69) is 0 Å². The summed E-state index contributed by atoms with van der Waals surface area (Å²) in [5.74, 6) is -0.202. The molecule has 1 heterocycles. The third-order valence-corrected chi connectivity index (χ3v) is 2.90. The smallest absolute Gasteiger partial charge is 0.303 e. The fourth-order valence-corrected chi connectivity index (χ4v) is 1.98. The number of furan rings is 1. The Morgan fingerprint density at radius 1 is 1.50 bits per heavy atom. The molecule has 1 aromatic carbocycles. The van der Waals surface area contributed by atoms with Crippen LogP contribution >= 0.6 is 0 Å². The van der Waals surface area contributed by atoms with Gasteiger partial charge in [0.1, 0.15) is 0 Å². The lowest BCUT2D eigenvalue weighted by Crippen LogP contribution is -2.12. The molecule has 0 saturated carbocycles. The minimum absolute atomic E-state index is 0.0482. The van der Waals surface area contributed by atoms with E-state index >= 15 is 0 Å². The van der Waals surface area contributed by atoms with Gasteiger partial charge in [-0.2, -0.15) is 0 Å². The van der Waals surface area contributed by atoms with E-state index in [1.807, 2.05) is 12.1 Å². The van der Waals surface area contributed by atoms with Gasteiger partial charge in [0.25, 0.3) is 0 Å². The predicted molar refractivity (Wildman–Crippen MR) is 66.6 cm³/mol. The normalized spacial score (nSPS) is 12.6. The minimum Gasteiger partial charge on any atom is -0.493 e. The minimum atomic E-state index is -0.845. The van der Waals surface area contributed by atoms with Crippen molar-refractivity contribution in [2.45, 2.75) is 18.9 Å². The fraction of sp³-hybridized carbons (Fsp3) is 0.308. The average molecular weight is 249 g/mol. The zero-order valence-electron chi connectivity index (χ0n) is 10.1. The molecule has 0 saturated heterocycles. The van der Waals surface area contributed by atoms with Gasteiger partial charge in [0.2, 0.25) is 0 Å². The largest absolute Gasteiger partial charge is 0.493 e. The Bertz CT molecular complexity index is 561. The summed E-state index contributed by atoms with van der Waals surface area (Å²) in [6, 6.07) is 5.12. The Kier molecular flexibility index (Phi) is 3.53. The molecule has 5 nitrogen and oxygen atoms in total. The summed E-state index contributed by atoms with van der Waals surface area (Å²) in [5, 5.41) is 9.54. The molecule has 0 radical (unpaired) electrons. The second-order valence-electron chi connectivity index (χ2n) is 4.06. The number of nitrogens with two attached hydrogens (primary N) is 1. The van der Waals surface area contributed by atoms with Gasteiger partial charge in [0, 0.05) is 17.8 Å². The van der Waals surface area contributed by atoms with Crippen LogP contribution in [0.1, 0.15) is 24.4 Å². The third-order valence-electron chi connectivity index (χ3n) is 2.90. The number of hydrogen-bond donors (Lipinski definition) is 2. The topological polar surface area (TPSA) is 85.7 Å². The lowest BCUT2D eigenvalue weighted by atomic mass is 9.99. The number of carboxylic acid groups (broad SMARTS) is 1. The van der Waals surface area contributed by atoms with Crippen molar-refractivity contribution in [2.75, 3.05) is 7.11 Å². The zero-order valence-corrected chi connectivity index (χ0v) is 10.1. The van der Waals surface area contributed by atoms with Crippen molar-refractivity contribution in [3.8, 4) is 5.75 Å². The molecule has 0 amide bonds. The fourth-order valence-electron chi connectivity index (χ4n) is 1.98. The van der Waals surface area contributed by atoms with E-state index in [0.29, 0.717) is 17.8 Å². The number of carbonyl (C=O) groups is 1. The van der Waals surface area contributed by atoms with E-state index < -0.39 is 5.97 Å². The maximum atomic E-state index is 10.6. The Labute approximate surface area is 104 Å². The van der Waals surface area contributed by atoms with Crippen LogP contribution in [0, 0.1) is 0 Å². The number of aliphatic carboxylic acids is 1. The predicted octanol–water partition coefficient (Wildman–Crippen LogP) is 2.31. The first-order valence-corrected chi connectivity index (χ1v) is 5.65. The van der Waals surface area contributed by atoms with E-state index in [4.69, 9.17) is 20.0 Å². The van der Waals surface area contributed by atoms with Gasteiger partial charge in [-0.05, 0) is 24.1 Å². The molecule has 0 aliphatic heterocycles. The third kappa shape index (κ3) is 2.31. The highest BCUT2D eigenvalue weighted by molar-refractivity contribution is 5.86. The number of rotatable bonds is 5. The summed E-state index contributed by atoms with van der Waals surface area (Å²) in [7, 11) is 1.57. The quantitative estimate of drug-likeness (QED) is 0.849. The lowest BCUT2D eigenvalue weighted by molar-refractivity contribution is -0.137. The van der Waals surface area contributed by atoms with Crippen LogP contribution in [0.3, 0.4) is 0 Å². The molecule has 18 heavy (non-hydrogen) atoms. The van der Waals surface area contributed by atoms with Crippen LogP contribution in [0.2, 0.25) is 0 Å². The molecule has 0 spiro atoms. The van der Waals surface area contributed by atoms with Crippen LogP contribution in [-0.2, 0) is 4.79 Å². The van der Waals surface area contributed by atoms with Gasteiger partial charge in [-0.15, -0.1) is 0 Å². The van der Waals surface area contributed by atoms with Crippen LogP contribution < -0.4 is 10.5 Å². The van der Waals surface area contributed by atoms with Gasteiger partial charge in [-0.1, -0.05) is 6.07 Å². The van der Waals surface area contributed by atoms with Gasteiger partial charge in [-0.25, -0.2) is 0 Å². The summed E-state index contributed by atoms with van der Waals surface area (Å²) in [6.45, 7) is 0. The Morgan fingerprint density at radius 3 is 2.94 bits per heavy atom. The van der Waals surface area contributed by atoms with Gasteiger partial charge in [0.15, 0.2) is 11.3 Å². The van der Waals surface area contributed by atoms with Crippen molar-refractivity contribution in [2.24, 2.45) is 5.73 Å². The van der Waals surface area contributed by atoms with Crippen LogP contribution in [0.15, 0.2) is 28.9 Å². The maximum Gasteiger partial charge on any atom is 0.303 e. The number of carboxylic acids is 1. The molecule has 1 aromatic heterocycles. The number of methoxy groups -OCH3 is 1. The van der Waals surface area contributed by atoms with Crippen molar-refractivity contribution < 1.29 is 19.1 Å². The number of hydrogen-bond acceptors (Lipinski definition) is 4. The highest BCUT2D eigenvalue weighted by Crippen LogP contribution is 2.32. The molecule has 0 bridgehead atoms. The monoisotopic (exact) mass is 249 g/mol. The first kappa shape index (κ1) is 12.4. The lowest BCUT2D eigenvalue weighted by Gasteiger charge is -2.12. The molecule has 1 atom stereocenters. The Hall–Kier alpha value is -2.01. The SMILES string of the molecule is COc1ccc(C(N)CCC(=O)O)c2ccoc12. The molecule has 0 aliphatic rings. The van der Waals surface area contributed by atoms with Crippen LogP contribution in [-0.4, -0.2) is 18.2 Å². The molecule has 2 aromatic rings. The zero-order chi connectivity index (χ0) is 13.1. The van der Waals surface area contributed by atoms with E-state index in [0.717, 1.165) is 10.9 Å². The summed E-state index contributed by atoms with van der Waals surface area (Å²) in [4.78, 5) is 10.6. The van der Waals surface area contributed by atoms with Crippen molar-refractivity contribution in [3.63, 3.8) is 0 Å². The standard InChI is InChI=1S/C13H15NO4/c1-17-11-4-2-8(9-6-7-18-13(9)11)10(14)3-5-12(15)16/h2,4,6-7,10H,3,5,14H2,1H3,(H,15,16). The van der Waals surface area contributed by atoms with Crippen molar-refractivity contribution >= 4 is 16.9 Å². The molecule has 1 unspecified atom stereocenters. The van der Waals surface area contributed by atoms with E-state index in [1.54, 1.807) is 19.4 Å². The molecule has 0 fully saturated rings. The van der Waals surface area contributed by atoms with Gasteiger partial charge in [0.05, 0.1) is 13.4 Å². The van der Waals surface area contributed by atoms with Crippen molar-refractivity contribution in [1.82, 2.24) is 0 Å². The second kappa shape index (κ2) is 5.10. The number of ether oxygens (including phenoxy) is 1. The molecular weight excluding hydrogens is 234 g/mol. The van der Waals surface area contributed by atoms with Gasteiger partial charge >= 0.3 is 5.97 Å². The molecule has 5 heteroatoms. The van der Waals surface area contributed by atoms with Crippen molar-refractivity contribution in [1.29, 1.82) is 0 Å². The summed E-state index contributed by atoms with van der Waals surface area (Å²) >= 11 is 0. The van der Waals surface area contributed by atoms with Gasteiger partial charge in [-0.3, -0.25) is 4.79 Å². The van der Waals surface area contributed by atoms with E-state index in [-0.39, 0.29) is 12.5 Å². The molecule has 0 aliphatic carbocycles. The maximum absolute atomic E-state index is 10.6. The Morgan fingerprint density at radius 2 is 2.28 bits per heavy atom. The summed E-state index contributed by atoms with van der Waals surface area (Å²) in [6.07, 6.45) is 2.01. The van der Waals surface area contributed by atoms with Crippen LogP contribution in [0.4, 0.5) is 0 Å². The summed E-state index contributed by atoms with van der Waals surface area (Å²) in [5.41, 5.74) is 7.53. The molecular formula is C13H15NO4. The van der Waals surface area contributed by atoms with E-state index in [1.165, 1.54) is 0 Å². The number of benzene rings is 1. The van der Waals surface area contributed by atoms with Crippen LogP contribution in [0.25, 0.3) is 11.0 Å². The summed E-state index contributed by atoms with van der Waals surface area (Å²) < 4.78 is 10.5. The first-order valence-electron chi connectivity index (χ1n) is 5.65. The van der Waals surface area contributed by atoms with Crippen LogP contribution in [0.5, 0.6) is 5.75 Å². The van der Waals surface area contributed by atoms with Crippen molar-refractivity contribution in [3.05, 3.63) is 30.0 Å². The highest BCUT2D eigenvalue weighted by atomic mass is 16.5. The molecule has 2 rings (SSSR count). The van der Waals surface area contributed by atoms with Gasteiger partial charge < -0.3 is 20.0 Å². The van der Waals surface area contributed by atoms with E-state index in [9.17, 15) is 4.79 Å². The second-order valence-corrected chi connectivity index (χ2v) is 4.06.